The number of hydrogen-bond acceptors (Lipinski definition) is 3. The number of halogens is 1. The second kappa shape index (κ2) is 8.59. The zero-order valence-electron chi connectivity index (χ0n) is 15.5. The fourth-order valence-electron chi connectivity index (χ4n) is 2.14. The molecule has 0 saturated heterocycles. The summed E-state index contributed by atoms with van der Waals surface area (Å²) in [6.45, 7) is 5.90. The lowest BCUT2D eigenvalue weighted by Crippen LogP contribution is -2.41. The van der Waals surface area contributed by atoms with Crippen LogP contribution in [-0.2, 0) is 14.8 Å². The zero-order valence-corrected chi connectivity index (χ0v) is 17.1. The van der Waals surface area contributed by atoms with Crippen LogP contribution in [0.15, 0.2) is 59.5 Å². The standard InChI is InChI=1S/C20H23ClN2O3S/c1-4-20(2,3)22-19(24)14-11-15-9-12-16(13-10-15)27(25,26)23-18-8-6-5-7-17(18)21/h5-14,23H,4H2,1-3H3,(H,22,24). The van der Waals surface area contributed by atoms with Crippen LogP contribution in [0.25, 0.3) is 6.08 Å². The van der Waals surface area contributed by atoms with E-state index in [-0.39, 0.29) is 16.3 Å². The van der Waals surface area contributed by atoms with Crippen LogP contribution in [0.2, 0.25) is 5.02 Å². The Labute approximate surface area is 165 Å². The van der Waals surface area contributed by atoms with Crippen LogP contribution in [0, 0.1) is 0 Å². The minimum Gasteiger partial charge on any atom is -0.348 e. The Balaban J connectivity index is 2.09. The average molecular weight is 407 g/mol. The van der Waals surface area contributed by atoms with Crippen molar-refractivity contribution in [1.82, 2.24) is 5.32 Å². The van der Waals surface area contributed by atoms with Gasteiger partial charge < -0.3 is 5.32 Å². The highest BCUT2D eigenvalue weighted by Gasteiger charge is 2.16. The van der Waals surface area contributed by atoms with Crippen molar-refractivity contribution in [2.24, 2.45) is 0 Å². The van der Waals surface area contributed by atoms with Gasteiger partial charge in [0, 0.05) is 11.6 Å². The maximum Gasteiger partial charge on any atom is 0.261 e. The summed E-state index contributed by atoms with van der Waals surface area (Å²) in [6, 6.07) is 12.8. The maximum atomic E-state index is 12.5. The van der Waals surface area contributed by atoms with Crippen LogP contribution >= 0.6 is 11.6 Å². The summed E-state index contributed by atoms with van der Waals surface area (Å²) in [4.78, 5) is 12.0. The topological polar surface area (TPSA) is 75.3 Å². The molecule has 2 aromatic carbocycles. The first-order valence-electron chi connectivity index (χ1n) is 8.50. The van der Waals surface area contributed by atoms with E-state index >= 15 is 0 Å². The summed E-state index contributed by atoms with van der Waals surface area (Å²) in [7, 11) is -3.75. The molecule has 1 amide bonds. The van der Waals surface area contributed by atoms with Crippen LogP contribution in [0.4, 0.5) is 5.69 Å². The normalized spacial score (nSPS) is 12.1. The molecule has 0 radical (unpaired) electrons. The summed E-state index contributed by atoms with van der Waals surface area (Å²) in [5, 5.41) is 3.22. The molecule has 7 heteroatoms. The molecular formula is C20H23ClN2O3S. The Morgan fingerprint density at radius 2 is 1.74 bits per heavy atom. The van der Waals surface area contributed by atoms with Crippen LogP contribution in [0.5, 0.6) is 0 Å². The molecule has 27 heavy (non-hydrogen) atoms. The van der Waals surface area contributed by atoms with Gasteiger partial charge in [-0.3, -0.25) is 9.52 Å². The van der Waals surface area contributed by atoms with E-state index in [0.29, 0.717) is 10.7 Å². The molecule has 0 aromatic heterocycles. The first-order chi connectivity index (χ1) is 12.6. The van der Waals surface area contributed by atoms with Crippen molar-refractivity contribution in [2.45, 2.75) is 37.6 Å². The minimum atomic E-state index is -3.75. The third-order valence-corrected chi connectivity index (χ3v) is 5.79. The molecule has 0 aliphatic heterocycles. The summed E-state index contributed by atoms with van der Waals surface area (Å²) < 4.78 is 27.4. The molecule has 0 bridgehead atoms. The van der Waals surface area contributed by atoms with E-state index in [2.05, 4.69) is 10.0 Å². The van der Waals surface area contributed by atoms with Crippen molar-refractivity contribution in [3.63, 3.8) is 0 Å². The smallest absolute Gasteiger partial charge is 0.261 e. The van der Waals surface area contributed by atoms with Gasteiger partial charge in [0.05, 0.1) is 15.6 Å². The van der Waals surface area contributed by atoms with Gasteiger partial charge in [-0.05, 0) is 56.2 Å². The van der Waals surface area contributed by atoms with Crippen molar-refractivity contribution in [3.8, 4) is 0 Å². The Bertz CT molecular complexity index is 936. The van der Waals surface area contributed by atoms with Gasteiger partial charge in [0.2, 0.25) is 5.91 Å². The molecule has 0 unspecified atom stereocenters. The average Bonchev–Trinajstić information content (AvgIpc) is 2.62. The highest BCUT2D eigenvalue weighted by molar-refractivity contribution is 7.92. The summed E-state index contributed by atoms with van der Waals surface area (Å²) in [6.07, 6.45) is 3.89. The largest absolute Gasteiger partial charge is 0.348 e. The summed E-state index contributed by atoms with van der Waals surface area (Å²) in [5.74, 6) is -0.195. The number of anilines is 1. The molecule has 0 heterocycles. The molecule has 2 N–H and O–H groups in total. The van der Waals surface area contributed by atoms with Crippen LogP contribution in [-0.4, -0.2) is 19.9 Å². The van der Waals surface area contributed by atoms with Crippen LogP contribution in [0.3, 0.4) is 0 Å². The molecule has 0 fully saturated rings. The van der Waals surface area contributed by atoms with Gasteiger partial charge in [-0.2, -0.15) is 0 Å². The van der Waals surface area contributed by atoms with Crippen molar-refractivity contribution in [3.05, 3.63) is 65.2 Å². The number of carbonyl (C=O) groups is 1. The van der Waals surface area contributed by atoms with E-state index in [0.717, 1.165) is 12.0 Å². The van der Waals surface area contributed by atoms with E-state index in [1.54, 1.807) is 42.5 Å². The Morgan fingerprint density at radius 1 is 1.11 bits per heavy atom. The molecule has 0 aliphatic rings. The predicted molar refractivity (Wildman–Crippen MR) is 110 cm³/mol. The molecule has 0 saturated carbocycles. The lowest BCUT2D eigenvalue weighted by atomic mass is 10.0. The van der Waals surface area contributed by atoms with Crippen molar-refractivity contribution >= 4 is 39.3 Å². The van der Waals surface area contributed by atoms with E-state index in [1.807, 2.05) is 20.8 Å². The lowest BCUT2D eigenvalue weighted by Gasteiger charge is -2.23. The van der Waals surface area contributed by atoms with E-state index in [1.165, 1.54) is 18.2 Å². The predicted octanol–water partition coefficient (Wildman–Crippen LogP) is 4.46. The van der Waals surface area contributed by atoms with Crippen molar-refractivity contribution < 1.29 is 13.2 Å². The fraction of sp³-hybridized carbons (Fsp3) is 0.250. The van der Waals surface area contributed by atoms with Gasteiger partial charge in [0.25, 0.3) is 10.0 Å². The molecule has 144 valence electrons. The van der Waals surface area contributed by atoms with E-state index < -0.39 is 10.0 Å². The number of para-hydroxylation sites is 1. The number of sulfonamides is 1. The number of amides is 1. The van der Waals surface area contributed by atoms with Crippen LogP contribution in [0.1, 0.15) is 32.8 Å². The second-order valence-electron chi connectivity index (χ2n) is 6.71. The Morgan fingerprint density at radius 3 is 2.33 bits per heavy atom. The second-order valence-corrected chi connectivity index (χ2v) is 8.80. The summed E-state index contributed by atoms with van der Waals surface area (Å²) in [5.41, 5.74) is 0.763. The van der Waals surface area contributed by atoms with Crippen LogP contribution < -0.4 is 10.0 Å². The number of nitrogens with one attached hydrogen (secondary N) is 2. The number of hydrogen-bond donors (Lipinski definition) is 2. The third kappa shape index (κ3) is 6.12. The van der Waals surface area contributed by atoms with E-state index in [4.69, 9.17) is 11.6 Å². The fourth-order valence-corrected chi connectivity index (χ4v) is 3.46. The quantitative estimate of drug-likeness (QED) is 0.666. The van der Waals surface area contributed by atoms with Gasteiger partial charge in [0.15, 0.2) is 0 Å². The molecule has 0 spiro atoms. The monoisotopic (exact) mass is 406 g/mol. The molecule has 2 rings (SSSR count). The minimum absolute atomic E-state index is 0.108. The number of benzene rings is 2. The summed E-state index contributed by atoms with van der Waals surface area (Å²) >= 11 is 6.00. The van der Waals surface area contributed by atoms with Gasteiger partial charge in [-0.15, -0.1) is 0 Å². The maximum absolute atomic E-state index is 12.5. The van der Waals surface area contributed by atoms with E-state index in [9.17, 15) is 13.2 Å². The molecule has 0 aliphatic carbocycles. The molecular weight excluding hydrogens is 384 g/mol. The molecule has 5 nitrogen and oxygen atoms in total. The van der Waals surface area contributed by atoms with Crippen molar-refractivity contribution in [2.75, 3.05) is 4.72 Å². The van der Waals surface area contributed by atoms with Gasteiger partial charge in [-0.1, -0.05) is 42.8 Å². The van der Waals surface area contributed by atoms with Gasteiger partial charge in [-0.25, -0.2) is 8.42 Å². The highest BCUT2D eigenvalue weighted by atomic mass is 35.5. The van der Waals surface area contributed by atoms with Crippen molar-refractivity contribution in [1.29, 1.82) is 0 Å². The third-order valence-electron chi connectivity index (χ3n) is 4.08. The Kier molecular flexibility index (Phi) is 6.68. The molecule has 2 aromatic rings. The Hall–Kier alpha value is -2.31. The number of rotatable bonds is 7. The number of carbonyl (C=O) groups excluding carboxylic acids is 1. The first-order valence-corrected chi connectivity index (χ1v) is 10.4. The SMILES string of the molecule is CCC(C)(C)NC(=O)C=Cc1ccc(S(=O)(=O)Nc2ccccc2Cl)cc1. The van der Waals surface area contributed by atoms with Gasteiger partial charge in [0.1, 0.15) is 0 Å². The zero-order chi connectivity index (χ0) is 20.1. The molecule has 0 atom stereocenters. The lowest BCUT2D eigenvalue weighted by molar-refractivity contribution is -0.118. The van der Waals surface area contributed by atoms with Gasteiger partial charge >= 0.3 is 0 Å². The highest BCUT2D eigenvalue weighted by Crippen LogP contribution is 2.24. The first kappa shape index (κ1) is 21.0.